The molecule has 0 aliphatic rings. The molecule has 0 aliphatic carbocycles. The highest BCUT2D eigenvalue weighted by Gasteiger charge is 2.07. The SMILES string of the molecule is O=C=CN(CCCCCCNC=O)C(=O)O. The van der Waals surface area contributed by atoms with Crippen LogP contribution < -0.4 is 5.32 Å². The molecule has 0 unspecified atom stereocenters. The Hall–Kier alpha value is -1.81. The fraction of sp³-hybridized carbons (Fsp3) is 0.600. The van der Waals surface area contributed by atoms with Crippen LogP contribution in [0.1, 0.15) is 25.7 Å². The van der Waals surface area contributed by atoms with Crippen molar-refractivity contribution in [2.75, 3.05) is 13.1 Å². The van der Waals surface area contributed by atoms with Gasteiger partial charge in [-0.3, -0.25) is 9.69 Å². The maximum absolute atomic E-state index is 10.6. The molecule has 0 bridgehead atoms. The van der Waals surface area contributed by atoms with E-state index in [4.69, 9.17) is 5.11 Å². The molecule has 0 fully saturated rings. The van der Waals surface area contributed by atoms with Crippen molar-refractivity contribution in [1.29, 1.82) is 0 Å². The number of unbranched alkanes of at least 4 members (excludes halogenated alkanes) is 3. The molecule has 0 heterocycles. The van der Waals surface area contributed by atoms with Crippen LogP contribution in [0.2, 0.25) is 0 Å². The normalized spacial score (nSPS) is 9.00. The number of hydrogen-bond donors (Lipinski definition) is 2. The van der Waals surface area contributed by atoms with E-state index >= 15 is 0 Å². The minimum Gasteiger partial charge on any atom is -0.465 e. The zero-order valence-electron chi connectivity index (χ0n) is 9.02. The van der Waals surface area contributed by atoms with Crippen molar-refractivity contribution in [3.05, 3.63) is 6.20 Å². The van der Waals surface area contributed by atoms with Gasteiger partial charge >= 0.3 is 6.09 Å². The first kappa shape index (κ1) is 14.2. The lowest BCUT2D eigenvalue weighted by molar-refractivity contribution is -0.109. The third-order valence-corrected chi connectivity index (χ3v) is 2.01. The molecule has 0 atom stereocenters. The molecule has 0 radical (unpaired) electrons. The van der Waals surface area contributed by atoms with Crippen LogP contribution in [0.15, 0.2) is 6.20 Å². The molecule has 0 spiro atoms. The first-order valence-corrected chi connectivity index (χ1v) is 5.10. The van der Waals surface area contributed by atoms with Crippen LogP contribution in [-0.4, -0.2) is 41.5 Å². The fourth-order valence-electron chi connectivity index (χ4n) is 1.20. The Balaban J connectivity index is 3.51. The maximum atomic E-state index is 10.6. The molecule has 0 saturated carbocycles. The lowest BCUT2D eigenvalue weighted by Gasteiger charge is -2.11. The average Bonchev–Trinajstić information content (AvgIpc) is 2.26. The molecular weight excluding hydrogens is 212 g/mol. The van der Waals surface area contributed by atoms with E-state index in [-0.39, 0.29) is 0 Å². The Labute approximate surface area is 93.9 Å². The van der Waals surface area contributed by atoms with E-state index in [1.165, 1.54) is 5.94 Å². The highest BCUT2D eigenvalue weighted by Crippen LogP contribution is 2.01. The monoisotopic (exact) mass is 228 g/mol. The number of rotatable bonds is 9. The Morgan fingerprint density at radius 3 is 2.56 bits per heavy atom. The number of carbonyl (C=O) groups excluding carboxylic acids is 2. The van der Waals surface area contributed by atoms with Crippen LogP contribution in [0.25, 0.3) is 0 Å². The molecular formula is C10H16N2O4. The van der Waals surface area contributed by atoms with Crippen LogP contribution in [0.5, 0.6) is 0 Å². The minimum absolute atomic E-state index is 0.297. The number of carbonyl (C=O) groups is 2. The number of carboxylic acid groups (broad SMARTS) is 1. The Morgan fingerprint density at radius 2 is 2.00 bits per heavy atom. The van der Waals surface area contributed by atoms with Gasteiger partial charge in [0.25, 0.3) is 0 Å². The van der Waals surface area contributed by atoms with Crippen LogP contribution in [-0.2, 0) is 9.59 Å². The summed E-state index contributed by atoms with van der Waals surface area (Å²) < 4.78 is 0. The number of nitrogens with zero attached hydrogens (tertiary/aromatic N) is 1. The summed E-state index contributed by atoms with van der Waals surface area (Å²) in [6, 6.07) is 0. The second-order valence-corrected chi connectivity index (χ2v) is 3.21. The first-order valence-electron chi connectivity index (χ1n) is 5.10. The van der Waals surface area contributed by atoms with E-state index in [1.54, 1.807) is 0 Å². The lowest BCUT2D eigenvalue weighted by atomic mass is 10.2. The van der Waals surface area contributed by atoms with E-state index in [0.29, 0.717) is 25.9 Å². The predicted molar refractivity (Wildman–Crippen MR) is 57.5 cm³/mol. The van der Waals surface area contributed by atoms with Crippen molar-refractivity contribution in [3.63, 3.8) is 0 Å². The van der Waals surface area contributed by atoms with Crippen LogP contribution in [0, 0.1) is 0 Å². The summed E-state index contributed by atoms with van der Waals surface area (Å²) >= 11 is 0. The molecule has 0 aliphatic heterocycles. The number of hydrogen-bond acceptors (Lipinski definition) is 3. The summed E-state index contributed by atoms with van der Waals surface area (Å²) in [5.41, 5.74) is 0. The largest absolute Gasteiger partial charge is 0.465 e. The van der Waals surface area contributed by atoms with Gasteiger partial charge in [0.05, 0.1) is 6.20 Å². The number of amides is 2. The van der Waals surface area contributed by atoms with Crippen molar-refractivity contribution in [2.24, 2.45) is 0 Å². The zero-order chi connectivity index (χ0) is 12.2. The van der Waals surface area contributed by atoms with Gasteiger partial charge in [-0.05, 0) is 12.8 Å². The third kappa shape index (κ3) is 7.58. The van der Waals surface area contributed by atoms with E-state index in [9.17, 15) is 14.4 Å². The van der Waals surface area contributed by atoms with Gasteiger partial charge in [0, 0.05) is 13.1 Å². The summed E-state index contributed by atoms with van der Waals surface area (Å²) in [6.07, 6.45) is 3.72. The van der Waals surface area contributed by atoms with Gasteiger partial charge < -0.3 is 10.4 Å². The van der Waals surface area contributed by atoms with Gasteiger partial charge in [-0.25, -0.2) is 9.59 Å². The summed E-state index contributed by atoms with van der Waals surface area (Å²) in [5, 5.41) is 11.2. The quantitative estimate of drug-likeness (QED) is 0.344. The van der Waals surface area contributed by atoms with Crippen LogP contribution >= 0.6 is 0 Å². The molecule has 0 aromatic heterocycles. The Kier molecular flexibility index (Phi) is 8.63. The maximum Gasteiger partial charge on any atom is 0.411 e. The van der Waals surface area contributed by atoms with Gasteiger partial charge in [-0.2, -0.15) is 0 Å². The van der Waals surface area contributed by atoms with Gasteiger partial charge in [0.2, 0.25) is 6.41 Å². The van der Waals surface area contributed by atoms with Crippen molar-refractivity contribution in [2.45, 2.75) is 25.7 Å². The average molecular weight is 228 g/mol. The molecule has 0 aromatic rings. The van der Waals surface area contributed by atoms with E-state index < -0.39 is 6.09 Å². The summed E-state index contributed by atoms with van der Waals surface area (Å²) in [5.74, 6) is 1.44. The standard InChI is InChI=1S/C10H16N2O4/c13-8-7-12(10(15)16)6-4-2-1-3-5-11-9-14/h7,9H,1-6H2,(H,11,14)(H,15,16). The molecule has 0 rings (SSSR count). The summed E-state index contributed by atoms with van der Waals surface area (Å²) in [6.45, 7) is 0.937. The topological polar surface area (TPSA) is 86.7 Å². The van der Waals surface area contributed by atoms with Gasteiger partial charge in [-0.1, -0.05) is 12.8 Å². The first-order chi connectivity index (χ1) is 7.72. The molecule has 16 heavy (non-hydrogen) atoms. The molecule has 6 heteroatoms. The van der Waals surface area contributed by atoms with Gasteiger partial charge in [-0.15, -0.1) is 0 Å². The zero-order valence-corrected chi connectivity index (χ0v) is 9.02. The smallest absolute Gasteiger partial charge is 0.411 e. The Bertz CT molecular complexity index is 260. The van der Waals surface area contributed by atoms with E-state index in [0.717, 1.165) is 30.4 Å². The van der Waals surface area contributed by atoms with Gasteiger partial charge in [0.1, 0.15) is 5.94 Å². The summed E-state index contributed by atoms with van der Waals surface area (Å²) in [4.78, 5) is 31.4. The van der Waals surface area contributed by atoms with Crippen molar-refractivity contribution >= 4 is 18.4 Å². The molecule has 2 N–H and O–H groups in total. The minimum atomic E-state index is -1.15. The second-order valence-electron chi connectivity index (χ2n) is 3.21. The predicted octanol–water partition coefficient (Wildman–Crippen LogP) is 0.618. The number of nitrogens with one attached hydrogen (secondary N) is 1. The van der Waals surface area contributed by atoms with Crippen molar-refractivity contribution < 1.29 is 19.5 Å². The van der Waals surface area contributed by atoms with Crippen molar-refractivity contribution in [1.82, 2.24) is 10.2 Å². The summed E-state index contributed by atoms with van der Waals surface area (Å²) in [7, 11) is 0. The second kappa shape index (κ2) is 9.73. The highest BCUT2D eigenvalue weighted by atomic mass is 16.4. The molecule has 90 valence electrons. The molecule has 0 saturated heterocycles. The van der Waals surface area contributed by atoms with Crippen LogP contribution in [0.4, 0.5) is 4.79 Å². The molecule has 6 nitrogen and oxygen atoms in total. The molecule has 0 aromatic carbocycles. The van der Waals surface area contributed by atoms with E-state index in [2.05, 4.69) is 5.32 Å². The fourth-order valence-corrected chi connectivity index (χ4v) is 1.20. The lowest BCUT2D eigenvalue weighted by Crippen LogP contribution is -2.24. The van der Waals surface area contributed by atoms with Gasteiger partial charge in [0.15, 0.2) is 0 Å². The van der Waals surface area contributed by atoms with Crippen LogP contribution in [0.3, 0.4) is 0 Å². The van der Waals surface area contributed by atoms with E-state index in [1.807, 2.05) is 0 Å². The molecule has 2 amide bonds. The Morgan fingerprint density at radius 1 is 1.31 bits per heavy atom. The third-order valence-electron chi connectivity index (χ3n) is 2.01. The van der Waals surface area contributed by atoms with Crippen molar-refractivity contribution in [3.8, 4) is 0 Å². The highest BCUT2D eigenvalue weighted by molar-refractivity contribution is 5.68.